The Hall–Kier alpha value is -1.42. The molecule has 4 nitrogen and oxygen atoms in total. The van der Waals surface area contributed by atoms with Gasteiger partial charge in [0.25, 0.3) is 0 Å². The molecule has 0 aromatic heterocycles. The predicted octanol–water partition coefficient (Wildman–Crippen LogP) is 2.16. The minimum Gasteiger partial charge on any atom is -0.504 e. The molecule has 0 radical (unpaired) electrons. The van der Waals surface area contributed by atoms with E-state index in [9.17, 15) is 5.11 Å². The summed E-state index contributed by atoms with van der Waals surface area (Å²) in [5.41, 5.74) is 0. The van der Waals surface area contributed by atoms with Gasteiger partial charge in [-0.3, -0.25) is 0 Å². The van der Waals surface area contributed by atoms with E-state index in [-0.39, 0.29) is 5.75 Å². The first-order valence-corrected chi connectivity index (χ1v) is 4.82. The molecule has 0 fully saturated rings. The molecule has 0 spiro atoms. The van der Waals surface area contributed by atoms with Crippen LogP contribution in [-0.4, -0.2) is 25.1 Å². The van der Waals surface area contributed by atoms with Gasteiger partial charge >= 0.3 is 0 Å². The molecule has 0 aliphatic heterocycles. The van der Waals surface area contributed by atoms with E-state index >= 15 is 0 Å². The van der Waals surface area contributed by atoms with E-state index in [0.29, 0.717) is 18.1 Å². The zero-order valence-corrected chi connectivity index (χ0v) is 9.19. The van der Waals surface area contributed by atoms with Crippen LogP contribution in [0.5, 0.6) is 17.2 Å². The maximum atomic E-state index is 9.51. The van der Waals surface area contributed by atoms with E-state index in [0.717, 1.165) is 0 Å². The monoisotopic (exact) mass is 212 g/mol. The minimum atomic E-state index is -0.395. The van der Waals surface area contributed by atoms with Crippen molar-refractivity contribution in [2.24, 2.45) is 0 Å². The summed E-state index contributed by atoms with van der Waals surface area (Å²) in [5, 5.41) is 9.51. The number of phenolic OH excluding ortho intramolecular Hbond substituents is 1. The average molecular weight is 212 g/mol. The molecule has 1 aromatic carbocycles. The van der Waals surface area contributed by atoms with E-state index < -0.39 is 6.29 Å². The van der Waals surface area contributed by atoms with Crippen LogP contribution in [0, 0.1) is 0 Å². The van der Waals surface area contributed by atoms with E-state index in [1.807, 2.05) is 6.92 Å². The quantitative estimate of drug-likeness (QED) is 0.760. The standard InChI is InChI=1S/C11H16O4/c1-4-14-8(2)15-11-7-9(13-3)5-6-10(11)12/h5-8,12H,4H2,1-3H3. The van der Waals surface area contributed by atoms with Crippen LogP contribution in [0.25, 0.3) is 0 Å². The van der Waals surface area contributed by atoms with Crippen molar-refractivity contribution in [3.63, 3.8) is 0 Å². The zero-order chi connectivity index (χ0) is 11.3. The topological polar surface area (TPSA) is 47.9 Å². The van der Waals surface area contributed by atoms with Crippen molar-refractivity contribution in [3.05, 3.63) is 18.2 Å². The number of aromatic hydroxyl groups is 1. The first-order valence-electron chi connectivity index (χ1n) is 4.82. The lowest BCUT2D eigenvalue weighted by Gasteiger charge is -2.15. The number of methoxy groups -OCH3 is 1. The highest BCUT2D eigenvalue weighted by Gasteiger charge is 2.08. The first kappa shape index (κ1) is 11.7. The molecular weight excluding hydrogens is 196 g/mol. The SMILES string of the molecule is CCOC(C)Oc1cc(OC)ccc1O. The van der Waals surface area contributed by atoms with Gasteiger partial charge in [-0.1, -0.05) is 0 Å². The highest BCUT2D eigenvalue weighted by Crippen LogP contribution is 2.30. The van der Waals surface area contributed by atoms with Crippen LogP contribution in [0.1, 0.15) is 13.8 Å². The molecule has 1 rings (SSSR count). The molecule has 1 aromatic rings. The highest BCUT2D eigenvalue weighted by molar-refractivity contribution is 5.44. The molecule has 1 unspecified atom stereocenters. The number of benzene rings is 1. The van der Waals surface area contributed by atoms with E-state index in [2.05, 4.69) is 0 Å². The van der Waals surface area contributed by atoms with Crippen molar-refractivity contribution in [1.82, 2.24) is 0 Å². The lowest BCUT2D eigenvalue weighted by atomic mass is 10.3. The van der Waals surface area contributed by atoms with Gasteiger partial charge in [-0.2, -0.15) is 0 Å². The Balaban J connectivity index is 2.74. The second-order valence-electron chi connectivity index (χ2n) is 2.97. The Morgan fingerprint density at radius 2 is 2.13 bits per heavy atom. The summed E-state index contributed by atoms with van der Waals surface area (Å²) >= 11 is 0. The lowest BCUT2D eigenvalue weighted by Crippen LogP contribution is -2.15. The Bertz CT molecular complexity index is 311. The summed E-state index contributed by atoms with van der Waals surface area (Å²) in [5.74, 6) is 1.06. The number of hydrogen-bond acceptors (Lipinski definition) is 4. The van der Waals surface area contributed by atoms with E-state index in [1.165, 1.54) is 6.07 Å². The van der Waals surface area contributed by atoms with Gasteiger partial charge in [-0.05, 0) is 26.0 Å². The fourth-order valence-electron chi connectivity index (χ4n) is 1.16. The van der Waals surface area contributed by atoms with Gasteiger partial charge in [0, 0.05) is 12.7 Å². The third-order valence-electron chi connectivity index (χ3n) is 1.86. The van der Waals surface area contributed by atoms with Crippen LogP contribution >= 0.6 is 0 Å². The Morgan fingerprint density at radius 1 is 1.40 bits per heavy atom. The van der Waals surface area contributed by atoms with Crippen molar-refractivity contribution in [3.8, 4) is 17.2 Å². The van der Waals surface area contributed by atoms with Crippen molar-refractivity contribution < 1.29 is 19.3 Å². The van der Waals surface area contributed by atoms with Gasteiger partial charge in [0.05, 0.1) is 7.11 Å². The molecule has 1 N–H and O–H groups in total. The molecular formula is C11H16O4. The second-order valence-corrected chi connectivity index (χ2v) is 2.97. The van der Waals surface area contributed by atoms with Gasteiger partial charge in [-0.25, -0.2) is 0 Å². The Morgan fingerprint density at radius 3 is 2.73 bits per heavy atom. The summed E-state index contributed by atoms with van der Waals surface area (Å²) in [6, 6.07) is 4.80. The van der Waals surface area contributed by atoms with Crippen LogP contribution < -0.4 is 9.47 Å². The van der Waals surface area contributed by atoms with Crippen molar-refractivity contribution >= 4 is 0 Å². The molecule has 0 aliphatic carbocycles. The number of phenols is 1. The predicted molar refractivity (Wildman–Crippen MR) is 56.4 cm³/mol. The third kappa shape index (κ3) is 3.32. The van der Waals surface area contributed by atoms with Gasteiger partial charge in [0.2, 0.25) is 0 Å². The molecule has 84 valence electrons. The third-order valence-corrected chi connectivity index (χ3v) is 1.86. The van der Waals surface area contributed by atoms with Crippen LogP contribution in [0.2, 0.25) is 0 Å². The van der Waals surface area contributed by atoms with Crippen molar-refractivity contribution in [2.45, 2.75) is 20.1 Å². The number of ether oxygens (including phenoxy) is 3. The van der Waals surface area contributed by atoms with Gasteiger partial charge in [-0.15, -0.1) is 0 Å². The summed E-state index contributed by atoms with van der Waals surface area (Å²) in [4.78, 5) is 0. The lowest BCUT2D eigenvalue weighted by molar-refractivity contribution is -0.0624. The maximum absolute atomic E-state index is 9.51. The largest absolute Gasteiger partial charge is 0.504 e. The van der Waals surface area contributed by atoms with Crippen LogP contribution in [-0.2, 0) is 4.74 Å². The summed E-state index contributed by atoms with van der Waals surface area (Å²) in [7, 11) is 1.56. The van der Waals surface area contributed by atoms with Crippen LogP contribution in [0.3, 0.4) is 0 Å². The van der Waals surface area contributed by atoms with E-state index in [4.69, 9.17) is 14.2 Å². The molecule has 0 heterocycles. The molecule has 0 aliphatic rings. The highest BCUT2D eigenvalue weighted by atomic mass is 16.7. The van der Waals surface area contributed by atoms with E-state index in [1.54, 1.807) is 26.2 Å². The van der Waals surface area contributed by atoms with Gasteiger partial charge in [0.1, 0.15) is 5.75 Å². The zero-order valence-electron chi connectivity index (χ0n) is 9.19. The molecule has 0 saturated heterocycles. The first-order chi connectivity index (χ1) is 7.17. The van der Waals surface area contributed by atoms with Crippen LogP contribution in [0.15, 0.2) is 18.2 Å². The molecule has 0 saturated carbocycles. The molecule has 0 bridgehead atoms. The normalized spacial score (nSPS) is 12.2. The smallest absolute Gasteiger partial charge is 0.197 e. The van der Waals surface area contributed by atoms with Crippen LogP contribution in [0.4, 0.5) is 0 Å². The maximum Gasteiger partial charge on any atom is 0.197 e. The van der Waals surface area contributed by atoms with Gasteiger partial charge < -0.3 is 19.3 Å². The fraction of sp³-hybridized carbons (Fsp3) is 0.455. The van der Waals surface area contributed by atoms with Crippen molar-refractivity contribution in [1.29, 1.82) is 0 Å². The summed E-state index contributed by atoms with van der Waals surface area (Å²) < 4.78 is 15.6. The summed E-state index contributed by atoms with van der Waals surface area (Å²) in [6.07, 6.45) is -0.395. The Labute approximate surface area is 89.4 Å². The average Bonchev–Trinajstić information content (AvgIpc) is 2.21. The summed E-state index contributed by atoms with van der Waals surface area (Å²) in [6.45, 7) is 4.21. The van der Waals surface area contributed by atoms with Gasteiger partial charge in [0.15, 0.2) is 17.8 Å². The van der Waals surface area contributed by atoms with Crippen molar-refractivity contribution in [2.75, 3.05) is 13.7 Å². The molecule has 15 heavy (non-hydrogen) atoms. The number of hydrogen-bond donors (Lipinski definition) is 1. The molecule has 4 heteroatoms. The molecule has 0 amide bonds. The number of rotatable bonds is 5. The Kier molecular flexibility index (Phi) is 4.24. The minimum absolute atomic E-state index is 0.0716. The fourth-order valence-corrected chi connectivity index (χ4v) is 1.16. The molecule has 1 atom stereocenters. The second kappa shape index (κ2) is 5.46.